The van der Waals surface area contributed by atoms with Crippen LogP contribution in [0.15, 0.2) is 115 Å². The monoisotopic (exact) mass is 552 g/mol. The van der Waals surface area contributed by atoms with E-state index in [2.05, 4.69) is 78.6 Å². The van der Waals surface area contributed by atoms with Gasteiger partial charge < -0.3 is 19.3 Å². The minimum atomic E-state index is -1.12. The van der Waals surface area contributed by atoms with Crippen molar-refractivity contribution in [3.05, 3.63) is 154 Å². The standard InChI is InChI=1S/C37H32N2O3/c1-25-20-29(39(23-26-12-6-4-7-13-26)24-27-14-8-5-9-15-27)21-33-35(25)41-34-22-28(38(2)3)18-19-32(34)37(33)31-17-11-10-16-30(31)36(40)42-37/h4-22H,23-24H2,1-3H3. The number of hydrogen-bond donors (Lipinski definition) is 0. The maximum Gasteiger partial charge on any atom is 0.340 e. The van der Waals surface area contributed by atoms with Gasteiger partial charge in [-0.25, -0.2) is 4.79 Å². The van der Waals surface area contributed by atoms with E-state index >= 15 is 0 Å². The number of aryl methyl sites for hydroxylation is 1. The molecular weight excluding hydrogens is 520 g/mol. The van der Waals surface area contributed by atoms with Gasteiger partial charge >= 0.3 is 5.97 Å². The van der Waals surface area contributed by atoms with E-state index in [0.717, 1.165) is 52.5 Å². The first-order valence-electron chi connectivity index (χ1n) is 14.2. The fourth-order valence-corrected chi connectivity index (χ4v) is 6.22. The Kier molecular flexibility index (Phi) is 6.23. The van der Waals surface area contributed by atoms with E-state index in [1.54, 1.807) is 0 Å². The summed E-state index contributed by atoms with van der Waals surface area (Å²) in [4.78, 5) is 17.9. The van der Waals surface area contributed by atoms with Crippen LogP contribution in [0.3, 0.4) is 0 Å². The normalized spacial score (nSPS) is 16.2. The van der Waals surface area contributed by atoms with Crippen LogP contribution < -0.4 is 14.5 Å². The molecule has 0 aromatic heterocycles. The first-order chi connectivity index (χ1) is 20.4. The van der Waals surface area contributed by atoms with Crippen molar-refractivity contribution < 1.29 is 14.3 Å². The van der Waals surface area contributed by atoms with E-state index in [-0.39, 0.29) is 5.97 Å². The summed E-state index contributed by atoms with van der Waals surface area (Å²) in [5.74, 6) is 1.10. The Morgan fingerprint density at radius 1 is 0.667 bits per heavy atom. The molecule has 0 fully saturated rings. The Hall–Kier alpha value is -5.03. The number of benzene rings is 5. The first kappa shape index (κ1) is 25.9. The van der Waals surface area contributed by atoms with Gasteiger partial charge in [0.15, 0.2) is 5.60 Å². The number of carbonyl (C=O) groups excluding carboxylic acids is 1. The molecule has 0 amide bonds. The summed E-state index contributed by atoms with van der Waals surface area (Å²) in [5.41, 5.74) is 7.44. The Morgan fingerprint density at radius 3 is 1.98 bits per heavy atom. The number of carbonyl (C=O) groups is 1. The molecule has 0 saturated carbocycles. The zero-order valence-corrected chi connectivity index (χ0v) is 24.0. The molecule has 2 aliphatic rings. The number of anilines is 2. The first-order valence-corrected chi connectivity index (χ1v) is 14.2. The quantitative estimate of drug-likeness (QED) is 0.201. The smallest absolute Gasteiger partial charge is 0.340 e. The van der Waals surface area contributed by atoms with Crippen molar-refractivity contribution in [2.75, 3.05) is 23.9 Å². The van der Waals surface area contributed by atoms with Crippen LogP contribution in [0.2, 0.25) is 0 Å². The summed E-state index contributed by atoms with van der Waals surface area (Å²) < 4.78 is 13.2. The van der Waals surface area contributed by atoms with Crippen LogP contribution in [0.4, 0.5) is 11.4 Å². The summed E-state index contributed by atoms with van der Waals surface area (Å²) in [5, 5.41) is 0. The van der Waals surface area contributed by atoms with E-state index < -0.39 is 5.60 Å². The lowest BCUT2D eigenvalue weighted by Crippen LogP contribution is -2.34. The molecule has 42 heavy (non-hydrogen) atoms. The van der Waals surface area contributed by atoms with E-state index in [9.17, 15) is 4.79 Å². The number of rotatable bonds is 6. The van der Waals surface area contributed by atoms with E-state index in [4.69, 9.17) is 9.47 Å². The van der Waals surface area contributed by atoms with Crippen molar-refractivity contribution in [3.63, 3.8) is 0 Å². The molecule has 5 aromatic carbocycles. The van der Waals surface area contributed by atoms with E-state index in [0.29, 0.717) is 11.3 Å². The second-order valence-corrected chi connectivity index (χ2v) is 11.3. The molecule has 5 nitrogen and oxygen atoms in total. The number of fused-ring (bicyclic) bond motifs is 6. The molecule has 0 saturated heterocycles. The van der Waals surface area contributed by atoms with Gasteiger partial charge in [0.1, 0.15) is 11.5 Å². The summed E-state index contributed by atoms with van der Waals surface area (Å²) >= 11 is 0. The highest BCUT2D eigenvalue weighted by Crippen LogP contribution is 2.58. The highest BCUT2D eigenvalue weighted by atomic mass is 16.6. The molecule has 1 atom stereocenters. The molecule has 2 heterocycles. The number of esters is 1. The van der Waals surface area contributed by atoms with Crippen LogP contribution in [0, 0.1) is 6.92 Å². The predicted octanol–water partition coefficient (Wildman–Crippen LogP) is 7.84. The molecule has 0 radical (unpaired) electrons. The third-order valence-corrected chi connectivity index (χ3v) is 8.28. The number of nitrogens with zero attached hydrogens (tertiary/aromatic N) is 2. The highest BCUT2D eigenvalue weighted by Gasteiger charge is 2.54. The van der Waals surface area contributed by atoms with Crippen LogP contribution in [0.25, 0.3) is 0 Å². The van der Waals surface area contributed by atoms with Crippen LogP contribution in [0.1, 0.15) is 43.7 Å². The van der Waals surface area contributed by atoms with Crippen molar-refractivity contribution in [3.8, 4) is 11.5 Å². The lowest BCUT2D eigenvalue weighted by Gasteiger charge is -2.38. The Labute approximate surface area is 246 Å². The van der Waals surface area contributed by atoms with Gasteiger partial charge in [0.2, 0.25) is 0 Å². The average Bonchev–Trinajstić information content (AvgIpc) is 3.30. The van der Waals surface area contributed by atoms with Crippen molar-refractivity contribution in [1.29, 1.82) is 0 Å². The fraction of sp³-hybridized carbons (Fsp3) is 0.162. The Morgan fingerprint density at radius 2 is 1.31 bits per heavy atom. The third-order valence-electron chi connectivity index (χ3n) is 8.28. The largest absolute Gasteiger partial charge is 0.456 e. The van der Waals surface area contributed by atoms with Crippen molar-refractivity contribution in [2.45, 2.75) is 25.6 Å². The molecular formula is C37H32N2O3. The molecule has 0 N–H and O–H groups in total. The lowest BCUT2D eigenvalue weighted by atomic mass is 9.77. The average molecular weight is 553 g/mol. The lowest BCUT2D eigenvalue weighted by molar-refractivity contribution is 0.0224. The van der Waals surface area contributed by atoms with E-state index in [1.165, 1.54) is 11.1 Å². The summed E-state index contributed by atoms with van der Waals surface area (Å²) in [6, 6.07) is 39.2. The van der Waals surface area contributed by atoms with Gasteiger partial charge in [-0.15, -0.1) is 0 Å². The van der Waals surface area contributed by atoms with Crippen LogP contribution in [0.5, 0.6) is 11.5 Å². The minimum absolute atomic E-state index is 0.324. The molecule has 5 heteroatoms. The maximum atomic E-state index is 13.4. The van der Waals surface area contributed by atoms with Gasteiger partial charge in [-0.05, 0) is 53.9 Å². The second-order valence-electron chi connectivity index (χ2n) is 11.3. The second kappa shape index (κ2) is 10.1. The molecule has 5 aromatic rings. The van der Waals surface area contributed by atoms with Gasteiger partial charge in [0.05, 0.1) is 5.56 Å². The van der Waals surface area contributed by atoms with Gasteiger partial charge in [0, 0.05) is 61.3 Å². The zero-order chi connectivity index (χ0) is 28.8. The van der Waals surface area contributed by atoms with Gasteiger partial charge in [-0.1, -0.05) is 78.9 Å². The molecule has 208 valence electrons. The predicted molar refractivity (Wildman–Crippen MR) is 167 cm³/mol. The van der Waals surface area contributed by atoms with Crippen LogP contribution in [-0.2, 0) is 23.4 Å². The molecule has 7 rings (SSSR count). The third kappa shape index (κ3) is 4.20. The fourth-order valence-electron chi connectivity index (χ4n) is 6.22. The molecule has 2 aliphatic heterocycles. The van der Waals surface area contributed by atoms with Crippen LogP contribution in [-0.4, -0.2) is 20.1 Å². The van der Waals surface area contributed by atoms with Crippen molar-refractivity contribution in [1.82, 2.24) is 0 Å². The topological polar surface area (TPSA) is 42.0 Å². The molecule has 1 spiro atoms. The van der Waals surface area contributed by atoms with E-state index in [1.807, 2.05) is 67.5 Å². The summed E-state index contributed by atoms with van der Waals surface area (Å²) in [6.45, 7) is 3.52. The zero-order valence-electron chi connectivity index (χ0n) is 24.0. The molecule has 0 bridgehead atoms. The van der Waals surface area contributed by atoms with Crippen molar-refractivity contribution in [2.24, 2.45) is 0 Å². The Balaban J connectivity index is 1.44. The summed E-state index contributed by atoms with van der Waals surface area (Å²) in [7, 11) is 4.01. The van der Waals surface area contributed by atoms with Gasteiger partial charge in [-0.3, -0.25) is 0 Å². The van der Waals surface area contributed by atoms with Crippen LogP contribution >= 0.6 is 0 Å². The number of hydrogen-bond acceptors (Lipinski definition) is 5. The van der Waals surface area contributed by atoms with Gasteiger partial charge in [-0.2, -0.15) is 0 Å². The van der Waals surface area contributed by atoms with Gasteiger partial charge in [0.25, 0.3) is 0 Å². The Bertz CT molecular complexity index is 1760. The van der Waals surface area contributed by atoms with Crippen molar-refractivity contribution >= 4 is 17.3 Å². The summed E-state index contributed by atoms with van der Waals surface area (Å²) in [6.07, 6.45) is 0. The highest BCUT2D eigenvalue weighted by molar-refractivity contribution is 5.97. The SMILES string of the molecule is Cc1cc(N(Cc2ccccc2)Cc2ccccc2)cc2c1Oc1cc(N(C)C)ccc1C21OC(=O)c2ccccc21. The molecule has 1 unspecified atom stereocenters. The number of ether oxygens (including phenoxy) is 2. The molecule has 0 aliphatic carbocycles. The minimum Gasteiger partial charge on any atom is -0.456 e. The maximum absolute atomic E-state index is 13.4.